The van der Waals surface area contributed by atoms with E-state index in [-0.39, 0.29) is 0 Å². The number of rotatable bonds is 3. The van der Waals surface area contributed by atoms with Crippen LogP contribution in [0.4, 0.5) is 0 Å². The predicted molar refractivity (Wildman–Crippen MR) is 76.0 cm³/mol. The minimum Gasteiger partial charge on any atom is -0.326 e. The minimum absolute atomic E-state index is 0.324. The Balaban J connectivity index is 1.67. The second-order valence-corrected chi connectivity index (χ2v) is 5.47. The largest absolute Gasteiger partial charge is 0.326 e. The maximum absolute atomic E-state index is 6.06. The molecule has 1 aromatic heterocycles. The highest BCUT2D eigenvalue weighted by Gasteiger charge is 2.26. The first-order valence-electron chi connectivity index (χ1n) is 6.77. The van der Waals surface area contributed by atoms with E-state index >= 15 is 0 Å². The van der Waals surface area contributed by atoms with Crippen molar-refractivity contribution in [2.45, 2.75) is 19.5 Å². The summed E-state index contributed by atoms with van der Waals surface area (Å²) in [6.07, 6.45) is 5.56. The number of nitrogens with two attached hydrogens (primary N) is 1. The SMILES string of the molecule is CC1CN(Cc2ccc(-n3ccnc3)cc2)CC1N. The molecule has 2 N–H and O–H groups in total. The highest BCUT2D eigenvalue weighted by atomic mass is 15.2. The predicted octanol–water partition coefficient (Wildman–Crippen LogP) is 1.65. The number of benzene rings is 1. The van der Waals surface area contributed by atoms with Crippen LogP contribution in [-0.2, 0) is 6.54 Å². The van der Waals surface area contributed by atoms with E-state index in [1.165, 1.54) is 5.56 Å². The van der Waals surface area contributed by atoms with Crippen LogP contribution in [0.15, 0.2) is 43.0 Å². The molecule has 1 saturated heterocycles. The van der Waals surface area contributed by atoms with Gasteiger partial charge in [-0.2, -0.15) is 0 Å². The summed E-state index contributed by atoms with van der Waals surface area (Å²) in [6, 6.07) is 8.96. The van der Waals surface area contributed by atoms with E-state index in [1.807, 2.05) is 17.1 Å². The molecule has 100 valence electrons. The van der Waals surface area contributed by atoms with Crippen molar-refractivity contribution in [2.75, 3.05) is 13.1 Å². The van der Waals surface area contributed by atoms with Crippen LogP contribution in [0, 0.1) is 5.92 Å². The molecule has 0 bridgehead atoms. The van der Waals surface area contributed by atoms with Crippen LogP contribution in [0.5, 0.6) is 0 Å². The molecule has 0 amide bonds. The topological polar surface area (TPSA) is 47.1 Å². The molecule has 0 saturated carbocycles. The van der Waals surface area contributed by atoms with Crippen molar-refractivity contribution in [2.24, 2.45) is 11.7 Å². The summed E-state index contributed by atoms with van der Waals surface area (Å²) in [4.78, 5) is 6.49. The van der Waals surface area contributed by atoms with Crippen molar-refractivity contribution in [1.29, 1.82) is 0 Å². The molecule has 3 rings (SSSR count). The Bertz CT molecular complexity index is 508. The van der Waals surface area contributed by atoms with E-state index in [0.29, 0.717) is 12.0 Å². The molecule has 4 heteroatoms. The number of aromatic nitrogens is 2. The summed E-state index contributed by atoms with van der Waals surface area (Å²) >= 11 is 0. The Morgan fingerprint density at radius 1 is 1.26 bits per heavy atom. The van der Waals surface area contributed by atoms with Gasteiger partial charge in [0.2, 0.25) is 0 Å². The smallest absolute Gasteiger partial charge is 0.0991 e. The molecule has 1 aliphatic rings. The molecule has 2 heterocycles. The Kier molecular flexibility index (Phi) is 3.36. The number of likely N-dealkylation sites (tertiary alicyclic amines) is 1. The Morgan fingerprint density at radius 3 is 2.63 bits per heavy atom. The molecule has 1 fully saturated rings. The lowest BCUT2D eigenvalue weighted by molar-refractivity contribution is 0.319. The van der Waals surface area contributed by atoms with Crippen molar-refractivity contribution in [3.8, 4) is 5.69 Å². The quantitative estimate of drug-likeness (QED) is 0.908. The minimum atomic E-state index is 0.324. The standard InChI is InChI=1S/C15H20N4/c1-12-8-18(10-15(12)16)9-13-2-4-14(5-3-13)19-7-6-17-11-19/h2-7,11-12,15H,8-10,16H2,1H3. The van der Waals surface area contributed by atoms with Crippen molar-refractivity contribution >= 4 is 0 Å². The average Bonchev–Trinajstić information content (AvgIpc) is 3.02. The number of hydrogen-bond donors (Lipinski definition) is 1. The summed E-state index contributed by atoms with van der Waals surface area (Å²) in [5.74, 6) is 0.602. The molecular formula is C15H20N4. The maximum atomic E-state index is 6.06. The first-order chi connectivity index (χ1) is 9.22. The van der Waals surface area contributed by atoms with Crippen LogP contribution < -0.4 is 5.73 Å². The van der Waals surface area contributed by atoms with Gasteiger partial charge in [0.25, 0.3) is 0 Å². The van der Waals surface area contributed by atoms with E-state index in [9.17, 15) is 0 Å². The van der Waals surface area contributed by atoms with Crippen molar-refractivity contribution in [3.05, 3.63) is 48.5 Å². The first kappa shape index (κ1) is 12.4. The van der Waals surface area contributed by atoms with Gasteiger partial charge < -0.3 is 10.3 Å². The van der Waals surface area contributed by atoms with Gasteiger partial charge in [0.1, 0.15) is 0 Å². The molecule has 0 aliphatic carbocycles. The second kappa shape index (κ2) is 5.15. The van der Waals surface area contributed by atoms with Gasteiger partial charge in [0.15, 0.2) is 0 Å². The molecule has 2 aromatic rings. The van der Waals surface area contributed by atoms with Gasteiger partial charge in [0.05, 0.1) is 6.33 Å². The molecule has 2 atom stereocenters. The van der Waals surface area contributed by atoms with Crippen LogP contribution in [0.1, 0.15) is 12.5 Å². The van der Waals surface area contributed by atoms with E-state index in [4.69, 9.17) is 5.73 Å². The third-order valence-electron chi connectivity index (χ3n) is 3.89. The summed E-state index contributed by atoms with van der Waals surface area (Å²) < 4.78 is 2.01. The van der Waals surface area contributed by atoms with Crippen LogP contribution in [-0.4, -0.2) is 33.6 Å². The van der Waals surface area contributed by atoms with Crippen LogP contribution >= 0.6 is 0 Å². The molecule has 4 nitrogen and oxygen atoms in total. The van der Waals surface area contributed by atoms with Crippen LogP contribution in [0.2, 0.25) is 0 Å². The molecule has 2 unspecified atom stereocenters. The second-order valence-electron chi connectivity index (χ2n) is 5.47. The highest BCUT2D eigenvalue weighted by molar-refractivity contribution is 5.34. The molecule has 1 aromatic carbocycles. The first-order valence-corrected chi connectivity index (χ1v) is 6.77. The third kappa shape index (κ3) is 2.69. The van der Waals surface area contributed by atoms with Gasteiger partial charge in [-0.15, -0.1) is 0 Å². The molecule has 1 aliphatic heterocycles. The Labute approximate surface area is 113 Å². The Morgan fingerprint density at radius 2 is 2.05 bits per heavy atom. The van der Waals surface area contributed by atoms with Crippen LogP contribution in [0.25, 0.3) is 5.69 Å². The number of nitrogens with zero attached hydrogens (tertiary/aromatic N) is 3. The van der Waals surface area contributed by atoms with Crippen LogP contribution in [0.3, 0.4) is 0 Å². The lowest BCUT2D eigenvalue weighted by atomic mass is 10.1. The monoisotopic (exact) mass is 256 g/mol. The van der Waals surface area contributed by atoms with Gasteiger partial charge in [-0.1, -0.05) is 19.1 Å². The highest BCUT2D eigenvalue weighted by Crippen LogP contribution is 2.18. The zero-order valence-electron chi connectivity index (χ0n) is 11.2. The normalized spacial score (nSPS) is 23.9. The summed E-state index contributed by atoms with van der Waals surface area (Å²) in [5.41, 5.74) is 8.54. The molecular weight excluding hydrogens is 236 g/mol. The zero-order valence-corrected chi connectivity index (χ0v) is 11.2. The fraction of sp³-hybridized carbons (Fsp3) is 0.400. The van der Waals surface area contributed by atoms with Crippen molar-refractivity contribution in [1.82, 2.24) is 14.5 Å². The van der Waals surface area contributed by atoms with Crippen molar-refractivity contribution < 1.29 is 0 Å². The summed E-state index contributed by atoms with van der Waals surface area (Å²) in [7, 11) is 0. The molecule has 0 radical (unpaired) electrons. The fourth-order valence-corrected chi connectivity index (χ4v) is 2.67. The van der Waals surface area contributed by atoms with Gasteiger partial charge in [-0.25, -0.2) is 4.98 Å². The lowest BCUT2D eigenvalue weighted by Crippen LogP contribution is -2.28. The van der Waals surface area contributed by atoms with Gasteiger partial charge in [0, 0.05) is 43.8 Å². The molecule has 19 heavy (non-hydrogen) atoms. The van der Waals surface area contributed by atoms with Gasteiger partial charge >= 0.3 is 0 Å². The van der Waals surface area contributed by atoms with Gasteiger partial charge in [-0.05, 0) is 23.6 Å². The lowest BCUT2D eigenvalue weighted by Gasteiger charge is -2.15. The maximum Gasteiger partial charge on any atom is 0.0991 e. The zero-order chi connectivity index (χ0) is 13.2. The van der Waals surface area contributed by atoms with Crippen molar-refractivity contribution in [3.63, 3.8) is 0 Å². The van der Waals surface area contributed by atoms with E-state index < -0.39 is 0 Å². The van der Waals surface area contributed by atoms with Gasteiger partial charge in [-0.3, -0.25) is 4.90 Å². The van der Waals surface area contributed by atoms with E-state index in [2.05, 4.69) is 41.1 Å². The average molecular weight is 256 g/mol. The Hall–Kier alpha value is -1.65. The third-order valence-corrected chi connectivity index (χ3v) is 3.89. The molecule has 0 spiro atoms. The summed E-state index contributed by atoms with van der Waals surface area (Å²) in [5, 5.41) is 0. The van der Waals surface area contributed by atoms with E-state index in [0.717, 1.165) is 25.3 Å². The number of hydrogen-bond acceptors (Lipinski definition) is 3. The fourth-order valence-electron chi connectivity index (χ4n) is 2.67. The number of imidazole rings is 1. The summed E-state index contributed by atoms with van der Waals surface area (Å²) in [6.45, 7) is 5.32. The van der Waals surface area contributed by atoms with E-state index in [1.54, 1.807) is 6.20 Å².